The summed E-state index contributed by atoms with van der Waals surface area (Å²) >= 11 is 3.26. The van der Waals surface area contributed by atoms with Crippen molar-refractivity contribution in [3.8, 4) is 0 Å². The number of rotatable bonds is 6. The van der Waals surface area contributed by atoms with E-state index < -0.39 is 0 Å². The van der Waals surface area contributed by atoms with Crippen LogP contribution in [0.1, 0.15) is 25.5 Å². The van der Waals surface area contributed by atoms with Gasteiger partial charge in [-0.25, -0.2) is 5.43 Å². The van der Waals surface area contributed by atoms with E-state index in [-0.39, 0.29) is 0 Å². The Bertz CT molecular complexity index is 1080. The van der Waals surface area contributed by atoms with Gasteiger partial charge in [0.2, 0.25) is 0 Å². The fraction of sp³-hybridized carbons (Fsp3) is 0.222. The van der Waals surface area contributed by atoms with Gasteiger partial charge < -0.3 is 8.98 Å². The Kier molecular flexibility index (Phi) is 4.66. The summed E-state index contributed by atoms with van der Waals surface area (Å²) < 4.78 is 8.21. The van der Waals surface area contributed by atoms with Crippen LogP contribution < -0.4 is 5.43 Å². The molecule has 4 rings (SSSR count). The molecule has 4 aromatic rings. The van der Waals surface area contributed by atoms with Crippen LogP contribution in [0.2, 0.25) is 0 Å². The fourth-order valence-corrected chi connectivity index (χ4v) is 3.16. The van der Waals surface area contributed by atoms with Crippen LogP contribution in [0.3, 0.4) is 0 Å². The fourth-order valence-electron chi connectivity index (χ4n) is 2.84. The Morgan fingerprint density at radius 2 is 2.12 bits per heavy atom. The molecule has 0 aliphatic carbocycles. The van der Waals surface area contributed by atoms with Crippen LogP contribution in [0.25, 0.3) is 22.1 Å². The van der Waals surface area contributed by atoms with E-state index >= 15 is 0 Å². The van der Waals surface area contributed by atoms with Crippen molar-refractivity contribution in [2.45, 2.75) is 26.3 Å². The molecule has 132 valence electrons. The van der Waals surface area contributed by atoms with Crippen LogP contribution in [-0.4, -0.2) is 26.0 Å². The van der Waals surface area contributed by atoms with Gasteiger partial charge in [-0.2, -0.15) is 10.1 Å². The number of unbranched alkanes of at least 4 members (excludes halogenated alkanes) is 1. The van der Waals surface area contributed by atoms with E-state index in [1.165, 1.54) is 0 Å². The summed E-state index contributed by atoms with van der Waals surface area (Å²) in [6.45, 7) is 3.07. The van der Waals surface area contributed by atoms with Crippen molar-refractivity contribution in [2.24, 2.45) is 5.10 Å². The summed E-state index contributed by atoms with van der Waals surface area (Å²) in [6.07, 6.45) is 3.75. The number of benzene rings is 1. The second-order valence-corrected chi connectivity index (χ2v) is 6.62. The first kappa shape index (κ1) is 16.7. The molecule has 7 nitrogen and oxygen atoms in total. The van der Waals surface area contributed by atoms with Crippen molar-refractivity contribution >= 4 is 50.2 Å². The van der Waals surface area contributed by atoms with E-state index in [9.17, 15) is 0 Å². The first-order valence-corrected chi connectivity index (χ1v) is 9.21. The van der Waals surface area contributed by atoms with Crippen molar-refractivity contribution in [3.05, 3.63) is 46.8 Å². The van der Waals surface area contributed by atoms with Crippen LogP contribution in [0.4, 0.5) is 5.95 Å². The molecule has 3 heterocycles. The Morgan fingerprint density at radius 3 is 2.92 bits per heavy atom. The number of nitrogens with one attached hydrogen (secondary N) is 1. The molecule has 3 aromatic heterocycles. The van der Waals surface area contributed by atoms with E-state index in [2.05, 4.69) is 65.3 Å². The van der Waals surface area contributed by atoms with Gasteiger partial charge >= 0.3 is 0 Å². The topological polar surface area (TPSA) is 81.1 Å². The zero-order valence-electron chi connectivity index (χ0n) is 14.2. The lowest BCUT2D eigenvalue weighted by Gasteiger charge is -2.05. The summed E-state index contributed by atoms with van der Waals surface area (Å²) in [4.78, 5) is 4.63. The van der Waals surface area contributed by atoms with E-state index in [0.717, 1.165) is 41.5 Å². The summed E-state index contributed by atoms with van der Waals surface area (Å²) in [7, 11) is 0. The Balaban J connectivity index is 1.69. The quantitative estimate of drug-likeness (QED) is 0.370. The molecule has 0 unspecified atom stereocenters. The van der Waals surface area contributed by atoms with E-state index in [1.54, 1.807) is 18.3 Å². The predicted molar refractivity (Wildman–Crippen MR) is 105 cm³/mol. The minimum Gasteiger partial charge on any atom is -0.448 e. The van der Waals surface area contributed by atoms with Gasteiger partial charge in [-0.05, 0) is 40.5 Å². The molecule has 1 aromatic carbocycles. The van der Waals surface area contributed by atoms with E-state index in [1.807, 2.05) is 12.1 Å². The molecule has 0 radical (unpaired) electrons. The highest BCUT2D eigenvalue weighted by Gasteiger charge is 2.14. The monoisotopic (exact) mass is 412 g/mol. The maximum Gasteiger partial charge on any atom is 0.265 e. The van der Waals surface area contributed by atoms with Gasteiger partial charge in [-0.15, -0.1) is 10.2 Å². The molecule has 0 amide bonds. The number of para-hydroxylation sites is 1. The number of halogens is 1. The lowest BCUT2D eigenvalue weighted by atomic mass is 10.2. The summed E-state index contributed by atoms with van der Waals surface area (Å²) in [5.41, 5.74) is 5.56. The molecule has 8 heteroatoms. The van der Waals surface area contributed by atoms with Gasteiger partial charge in [0.25, 0.3) is 5.95 Å². The molecule has 1 N–H and O–H groups in total. The van der Waals surface area contributed by atoms with Gasteiger partial charge in [0, 0.05) is 11.9 Å². The second-order valence-electron chi connectivity index (χ2n) is 5.84. The molecule has 0 aliphatic heterocycles. The van der Waals surface area contributed by atoms with Crippen molar-refractivity contribution in [3.63, 3.8) is 0 Å². The zero-order chi connectivity index (χ0) is 17.9. The van der Waals surface area contributed by atoms with Crippen LogP contribution in [-0.2, 0) is 6.54 Å². The van der Waals surface area contributed by atoms with Gasteiger partial charge in [0.05, 0.1) is 11.7 Å². The first-order valence-electron chi connectivity index (χ1n) is 8.42. The zero-order valence-corrected chi connectivity index (χ0v) is 15.8. The molecular formula is C18H17BrN6O. The third kappa shape index (κ3) is 3.20. The highest BCUT2D eigenvalue weighted by molar-refractivity contribution is 9.10. The highest BCUT2D eigenvalue weighted by Crippen LogP contribution is 2.26. The lowest BCUT2D eigenvalue weighted by molar-refractivity contribution is 0.534. The molecule has 0 fully saturated rings. The van der Waals surface area contributed by atoms with E-state index in [4.69, 9.17) is 4.42 Å². The third-order valence-electron chi connectivity index (χ3n) is 4.06. The summed E-state index contributed by atoms with van der Waals surface area (Å²) in [6, 6.07) is 11.8. The standard InChI is InChI=1S/C18H17BrN6O/c1-2-3-10-25-14-7-5-4-6-13(14)16-17(25)21-18(24-22-16)23-20-11-12-8-9-15(19)26-12/h4-9,11H,2-3,10H2,1H3,(H,21,23,24)/b20-11+. The van der Waals surface area contributed by atoms with Crippen LogP contribution in [0, 0.1) is 0 Å². The normalized spacial score (nSPS) is 11.8. The first-order chi connectivity index (χ1) is 12.8. The largest absolute Gasteiger partial charge is 0.448 e. The van der Waals surface area contributed by atoms with Crippen LogP contribution in [0.15, 0.2) is 50.6 Å². The highest BCUT2D eigenvalue weighted by atomic mass is 79.9. The number of fused-ring (bicyclic) bond motifs is 3. The number of hydrazone groups is 1. The molecular weight excluding hydrogens is 396 g/mol. The van der Waals surface area contributed by atoms with Crippen molar-refractivity contribution in [1.29, 1.82) is 0 Å². The number of aryl methyl sites for hydroxylation is 1. The molecule has 0 saturated carbocycles. The summed E-state index contributed by atoms with van der Waals surface area (Å²) in [5, 5.41) is 13.7. The Morgan fingerprint density at radius 1 is 1.23 bits per heavy atom. The lowest BCUT2D eigenvalue weighted by Crippen LogP contribution is -2.03. The minimum atomic E-state index is 0.347. The molecule has 0 aliphatic rings. The number of hydrogen-bond donors (Lipinski definition) is 1. The number of anilines is 1. The van der Waals surface area contributed by atoms with Crippen LogP contribution >= 0.6 is 15.9 Å². The smallest absolute Gasteiger partial charge is 0.265 e. The van der Waals surface area contributed by atoms with Gasteiger partial charge in [0.1, 0.15) is 11.3 Å². The van der Waals surface area contributed by atoms with Gasteiger partial charge in [-0.3, -0.25) is 0 Å². The minimum absolute atomic E-state index is 0.347. The maximum absolute atomic E-state index is 5.36. The molecule has 0 spiro atoms. The van der Waals surface area contributed by atoms with Crippen molar-refractivity contribution in [1.82, 2.24) is 19.7 Å². The van der Waals surface area contributed by atoms with Crippen molar-refractivity contribution in [2.75, 3.05) is 5.43 Å². The number of nitrogens with zero attached hydrogens (tertiary/aromatic N) is 5. The molecule has 0 atom stereocenters. The van der Waals surface area contributed by atoms with Gasteiger partial charge in [0.15, 0.2) is 10.3 Å². The van der Waals surface area contributed by atoms with Gasteiger partial charge in [-0.1, -0.05) is 31.5 Å². The Labute approximate surface area is 158 Å². The SMILES string of the molecule is CCCCn1c2ccccc2c2nnc(N/N=C/c3ccc(Br)o3)nc21. The molecule has 0 bridgehead atoms. The predicted octanol–water partition coefficient (Wildman–Crippen LogP) is 4.58. The number of hydrogen-bond acceptors (Lipinski definition) is 6. The van der Waals surface area contributed by atoms with Crippen molar-refractivity contribution < 1.29 is 4.42 Å². The maximum atomic E-state index is 5.36. The average Bonchev–Trinajstić information content (AvgIpc) is 3.21. The Hall–Kier alpha value is -2.74. The number of furan rings is 1. The molecule has 26 heavy (non-hydrogen) atoms. The third-order valence-corrected chi connectivity index (χ3v) is 4.49. The van der Waals surface area contributed by atoms with E-state index in [0.29, 0.717) is 16.4 Å². The second kappa shape index (κ2) is 7.25. The average molecular weight is 413 g/mol. The summed E-state index contributed by atoms with van der Waals surface area (Å²) in [5.74, 6) is 0.968. The van der Waals surface area contributed by atoms with Crippen LogP contribution in [0.5, 0.6) is 0 Å². The molecule has 0 saturated heterocycles. The number of aromatic nitrogens is 4.